The van der Waals surface area contributed by atoms with Gasteiger partial charge in [-0.15, -0.1) is 0 Å². The van der Waals surface area contributed by atoms with Gasteiger partial charge in [-0.2, -0.15) is 18.3 Å². The fourth-order valence-corrected chi connectivity index (χ4v) is 3.83. The van der Waals surface area contributed by atoms with Gasteiger partial charge in [-0.3, -0.25) is 14.3 Å². The first kappa shape index (κ1) is 24.9. The Bertz CT molecular complexity index is 1010. The number of carbonyl (C=O) groups is 2. The number of ether oxygens (including phenoxy) is 1. The lowest BCUT2D eigenvalue weighted by atomic mass is 9.86. The summed E-state index contributed by atoms with van der Waals surface area (Å²) in [4.78, 5) is 25.6. The molecule has 1 fully saturated rings. The fourth-order valence-electron chi connectivity index (χ4n) is 3.83. The van der Waals surface area contributed by atoms with E-state index in [4.69, 9.17) is 4.74 Å². The molecule has 1 saturated heterocycles. The van der Waals surface area contributed by atoms with Gasteiger partial charge in [0.1, 0.15) is 23.9 Å². The number of nitrogens with one attached hydrogen (secondary N) is 2. The molecule has 2 N–H and O–H groups in total. The van der Waals surface area contributed by atoms with Crippen LogP contribution in [-0.2, 0) is 16.1 Å². The van der Waals surface area contributed by atoms with Crippen molar-refractivity contribution in [2.45, 2.75) is 52.4 Å². The lowest BCUT2D eigenvalue weighted by molar-refractivity contribution is -0.140. The summed E-state index contributed by atoms with van der Waals surface area (Å²) in [5.74, 6) is -2.07. The summed E-state index contributed by atoms with van der Waals surface area (Å²) in [5.41, 5.74) is -0.811. The summed E-state index contributed by atoms with van der Waals surface area (Å²) in [6, 6.07) is 3.01. The van der Waals surface area contributed by atoms with Gasteiger partial charge >= 0.3 is 6.18 Å². The highest BCUT2D eigenvalue weighted by Gasteiger charge is 2.36. The zero-order chi connectivity index (χ0) is 24.4. The highest BCUT2D eigenvalue weighted by molar-refractivity contribution is 6.06. The third-order valence-corrected chi connectivity index (χ3v) is 5.57. The van der Waals surface area contributed by atoms with Crippen LogP contribution in [0.2, 0.25) is 0 Å². The Morgan fingerprint density at radius 1 is 1.21 bits per heavy atom. The van der Waals surface area contributed by atoms with Crippen LogP contribution in [0.3, 0.4) is 0 Å². The van der Waals surface area contributed by atoms with E-state index in [1.807, 2.05) is 5.32 Å². The molecule has 2 amide bonds. The van der Waals surface area contributed by atoms with Crippen molar-refractivity contribution >= 4 is 22.7 Å². The van der Waals surface area contributed by atoms with Gasteiger partial charge in [-0.25, -0.2) is 4.39 Å². The van der Waals surface area contributed by atoms with Crippen LogP contribution in [-0.4, -0.2) is 53.6 Å². The quantitative estimate of drug-likeness (QED) is 0.631. The normalized spacial score (nSPS) is 16.6. The molecule has 1 aliphatic heterocycles. The molecule has 1 aliphatic rings. The third kappa shape index (κ3) is 6.21. The molecule has 11 heteroatoms. The zero-order valence-corrected chi connectivity index (χ0v) is 18.8. The second kappa shape index (κ2) is 9.66. The number of hydrogen-bond donors (Lipinski definition) is 2. The Kier molecular flexibility index (Phi) is 7.30. The fraction of sp³-hybridized carbons (Fsp3) is 0.591. The molecule has 0 aliphatic carbocycles. The van der Waals surface area contributed by atoms with Gasteiger partial charge in [0.05, 0.1) is 0 Å². The lowest BCUT2D eigenvalue weighted by Crippen LogP contribution is -2.54. The largest absolute Gasteiger partial charge is 0.405 e. The number of benzene rings is 1. The van der Waals surface area contributed by atoms with Gasteiger partial charge in [-0.05, 0) is 30.2 Å². The number of rotatable bonds is 6. The first-order chi connectivity index (χ1) is 15.4. The molecule has 0 spiro atoms. The Hall–Kier alpha value is -2.69. The van der Waals surface area contributed by atoms with E-state index < -0.39 is 41.8 Å². The number of aromatic nitrogens is 2. The summed E-state index contributed by atoms with van der Waals surface area (Å²) in [7, 11) is 0. The van der Waals surface area contributed by atoms with Gasteiger partial charge in [-0.1, -0.05) is 32.9 Å². The van der Waals surface area contributed by atoms with E-state index in [-0.39, 0.29) is 22.5 Å². The SMILES string of the molecule is CC(C)(C)C(NC(=O)c1nn(CC2CCOCC2)c2c(F)cccc12)C(=O)NCC(F)(F)F. The van der Waals surface area contributed by atoms with Gasteiger partial charge in [0, 0.05) is 25.1 Å². The number of alkyl halides is 3. The summed E-state index contributed by atoms with van der Waals surface area (Å²) < 4.78 is 59.1. The van der Waals surface area contributed by atoms with Crippen molar-refractivity contribution in [3.8, 4) is 0 Å². The highest BCUT2D eigenvalue weighted by Crippen LogP contribution is 2.26. The first-order valence-electron chi connectivity index (χ1n) is 10.7. The van der Waals surface area contributed by atoms with Gasteiger partial charge in [0.2, 0.25) is 5.91 Å². The molecule has 182 valence electrons. The minimum absolute atomic E-state index is 0.0885. The van der Waals surface area contributed by atoms with Crippen molar-refractivity contribution in [1.29, 1.82) is 0 Å². The minimum Gasteiger partial charge on any atom is -0.381 e. The van der Waals surface area contributed by atoms with Crippen LogP contribution in [0.15, 0.2) is 18.2 Å². The first-order valence-corrected chi connectivity index (χ1v) is 10.7. The number of nitrogens with zero attached hydrogens (tertiary/aromatic N) is 2. The molecule has 0 saturated carbocycles. The van der Waals surface area contributed by atoms with Crippen molar-refractivity contribution in [2.24, 2.45) is 11.3 Å². The van der Waals surface area contributed by atoms with Crippen LogP contribution in [0.5, 0.6) is 0 Å². The molecule has 0 bridgehead atoms. The molecule has 33 heavy (non-hydrogen) atoms. The molecule has 1 aromatic carbocycles. The average molecular weight is 472 g/mol. The predicted molar refractivity (Wildman–Crippen MR) is 113 cm³/mol. The number of halogens is 4. The molecule has 2 heterocycles. The van der Waals surface area contributed by atoms with Crippen LogP contribution in [0.1, 0.15) is 44.1 Å². The molecule has 2 aromatic rings. The van der Waals surface area contributed by atoms with E-state index >= 15 is 0 Å². The van der Waals surface area contributed by atoms with Crippen LogP contribution in [0.4, 0.5) is 17.6 Å². The van der Waals surface area contributed by atoms with E-state index in [2.05, 4.69) is 10.4 Å². The molecule has 3 rings (SSSR count). The topological polar surface area (TPSA) is 85.2 Å². The van der Waals surface area contributed by atoms with E-state index in [0.717, 1.165) is 12.8 Å². The van der Waals surface area contributed by atoms with Crippen LogP contribution in [0.25, 0.3) is 10.9 Å². The molecular weight excluding hydrogens is 444 g/mol. The Balaban J connectivity index is 1.88. The van der Waals surface area contributed by atoms with Gasteiger partial charge in [0.25, 0.3) is 5.91 Å². The summed E-state index contributed by atoms with van der Waals surface area (Å²) in [6.07, 6.45) is -3.02. The number of fused-ring (bicyclic) bond motifs is 1. The van der Waals surface area contributed by atoms with E-state index in [9.17, 15) is 27.2 Å². The number of hydrogen-bond acceptors (Lipinski definition) is 4. The molecular formula is C22H28F4N4O3. The maximum absolute atomic E-state index is 14.7. The van der Waals surface area contributed by atoms with Gasteiger partial charge in [0.15, 0.2) is 5.69 Å². The maximum Gasteiger partial charge on any atom is 0.405 e. The maximum atomic E-state index is 14.7. The van der Waals surface area contributed by atoms with E-state index in [1.165, 1.54) is 16.8 Å². The molecule has 1 unspecified atom stereocenters. The molecule has 0 radical (unpaired) electrons. The lowest BCUT2D eigenvalue weighted by Gasteiger charge is -2.30. The molecule has 7 nitrogen and oxygen atoms in total. The molecule has 1 atom stereocenters. The van der Waals surface area contributed by atoms with Crippen molar-refractivity contribution in [3.63, 3.8) is 0 Å². The van der Waals surface area contributed by atoms with E-state index in [1.54, 1.807) is 26.8 Å². The summed E-state index contributed by atoms with van der Waals surface area (Å²) in [5, 5.41) is 8.92. The minimum atomic E-state index is -4.58. The van der Waals surface area contributed by atoms with Crippen molar-refractivity contribution < 1.29 is 31.9 Å². The van der Waals surface area contributed by atoms with Crippen LogP contribution < -0.4 is 10.6 Å². The standard InChI is InChI=1S/C22H28F4N4O3/c1-21(2,3)18(20(32)27-12-22(24,25)26)28-19(31)16-14-5-4-6-15(23)17(14)30(29-16)11-13-7-9-33-10-8-13/h4-6,13,18H,7-12H2,1-3H3,(H,27,32)(H,28,31). The summed E-state index contributed by atoms with van der Waals surface area (Å²) >= 11 is 0. The number of amides is 2. The predicted octanol–water partition coefficient (Wildman–Crippen LogP) is 3.43. The second-order valence-electron chi connectivity index (χ2n) is 9.33. The van der Waals surface area contributed by atoms with Crippen LogP contribution >= 0.6 is 0 Å². The Morgan fingerprint density at radius 3 is 2.48 bits per heavy atom. The highest BCUT2D eigenvalue weighted by atomic mass is 19.4. The van der Waals surface area contributed by atoms with Crippen LogP contribution in [0, 0.1) is 17.2 Å². The van der Waals surface area contributed by atoms with Crippen molar-refractivity contribution in [3.05, 3.63) is 29.7 Å². The Morgan fingerprint density at radius 2 is 1.88 bits per heavy atom. The monoisotopic (exact) mass is 472 g/mol. The summed E-state index contributed by atoms with van der Waals surface area (Å²) in [6.45, 7) is 4.93. The van der Waals surface area contributed by atoms with Gasteiger partial charge < -0.3 is 15.4 Å². The zero-order valence-electron chi connectivity index (χ0n) is 18.8. The number of carbonyl (C=O) groups excluding carboxylic acids is 2. The second-order valence-corrected chi connectivity index (χ2v) is 9.33. The average Bonchev–Trinajstić information content (AvgIpc) is 3.09. The van der Waals surface area contributed by atoms with Crippen molar-refractivity contribution in [1.82, 2.24) is 20.4 Å². The molecule has 1 aromatic heterocycles. The van der Waals surface area contributed by atoms with Crippen molar-refractivity contribution in [2.75, 3.05) is 19.8 Å². The third-order valence-electron chi connectivity index (χ3n) is 5.57. The smallest absolute Gasteiger partial charge is 0.381 e. The van der Waals surface area contributed by atoms with E-state index in [0.29, 0.717) is 19.8 Å². The number of para-hydroxylation sites is 1. The Labute approximate surface area is 188 Å².